The minimum atomic E-state index is 0.641. The molecule has 5 aromatic heterocycles. The maximum Gasteiger partial charge on any atom is 0.180 e. The van der Waals surface area contributed by atoms with Crippen LogP contribution in [-0.2, 0) is 0 Å². The van der Waals surface area contributed by atoms with Crippen LogP contribution in [0.5, 0.6) is 0 Å². The van der Waals surface area contributed by atoms with Crippen molar-refractivity contribution >= 4 is 71.6 Å². The van der Waals surface area contributed by atoms with Crippen molar-refractivity contribution < 1.29 is 8.83 Å². The summed E-state index contributed by atoms with van der Waals surface area (Å²) in [6.07, 6.45) is 0. The second kappa shape index (κ2) is 9.82. The molecule has 11 rings (SSSR count). The van der Waals surface area contributed by atoms with Gasteiger partial charge in [-0.2, -0.15) is 0 Å². The molecule has 0 N–H and O–H groups in total. The highest BCUT2D eigenvalue weighted by Gasteiger charge is 2.22. The van der Waals surface area contributed by atoms with Crippen molar-refractivity contribution in [3.63, 3.8) is 0 Å². The Morgan fingerprint density at radius 1 is 0.490 bits per heavy atom. The molecule has 49 heavy (non-hydrogen) atoms. The third-order valence-corrected chi connectivity index (χ3v) is 9.41. The molecule has 0 aliphatic carbocycles. The van der Waals surface area contributed by atoms with Crippen LogP contribution in [0.3, 0.4) is 0 Å². The first-order valence-corrected chi connectivity index (χ1v) is 16.2. The molecule has 7 heteroatoms. The molecule has 11 aromatic rings. The van der Waals surface area contributed by atoms with Gasteiger partial charge in [0.25, 0.3) is 0 Å². The van der Waals surface area contributed by atoms with Gasteiger partial charge in [0.2, 0.25) is 0 Å². The van der Waals surface area contributed by atoms with Crippen LogP contribution in [0.1, 0.15) is 0 Å². The Hall–Kier alpha value is -6.86. The number of rotatable bonds is 3. The fraction of sp³-hybridized carbons (Fsp3) is 0. The smallest absolute Gasteiger partial charge is 0.180 e. The SMILES string of the molecule is c1ccc(-c2nc(-c3ccc4oc5cccc(-c6nc7ccccc7c7nc8ccccc8n67)c5c4c3)c3oc4ccccc4c3n2)cc1. The van der Waals surface area contributed by atoms with Crippen LogP contribution < -0.4 is 0 Å². The Morgan fingerprint density at radius 3 is 2.16 bits per heavy atom. The largest absolute Gasteiger partial charge is 0.456 e. The molecule has 0 atom stereocenters. The zero-order valence-electron chi connectivity index (χ0n) is 25.8. The van der Waals surface area contributed by atoms with Gasteiger partial charge >= 0.3 is 0 Å². The van der Waals surface area contributed by atoms with Crippen LogP contribution in [-0.4, -0.2) is 24.3 Å². The average molecular weight is 630 g/mol. The number of benzene rings is 6. The monoisotopic (exact) mass is 629 g/mol. The van der Waals surface area contributed by atoms with Crippen LogP contribution in [0.15, 0.2) is 148 Å². The highest BCUT2D eigenvalue weighted by molar-refractivity contribution is 6.14. The number of hydrogen-bond donors (Lipinski definition) is 0. The lowest BCUT2D eigenvalue weighted by Gasteiger charge is -2.10. The number of aromatic nitrogens is 5. The Balaban J connectivity index is 1.22. The van der Waals surface area contributed by atoms with E-state index in [-0.39, 0.29) is 0 Å². The van der Waals surface area contributed by atoms with E-state index in [0.717, 1.165) is 94.2 Å². The fourth-order valence-electron chi connectivity index (χ4n) is 7.19. The Bertz CT molecular complexity index is 3120. The lowest BCUT2D eigenvalue weighted by atomic mass is 10.0. The fourth-order valence-corrected chi connectivity index (χ4v) is 7.19. The summed E-state index contributed by atoms with van der Waals surface area (Å²) < 4.78 is 15.1. The number of hydrogen-bond acceptors (Lipinski definition) is 6. The van der Waals surface area contributed by atoms with E-state index in [1.807, 2.05) is 115 Å². The average Bonchev–Trinajstić information content (AvgIpc) is 3.86. The number of nitrogens with zero attached hydrogens (tertiary/aromatic N) is 5. The van der Waals surface area contributed by atoms with E-state index in [1.54, 1.807) is 0 Å². The molecule has 0 saturated carbocycles. The molecular weight excluding hydrogens is 606 g/mol. The molecule has 0 unspecified atom stereocenters. The highest BCUT2D eigenvalue weighted by atomic mass is 16.3. The molecule has 228 valence electrons. The van der Waals surface area contributed by atoms with Gasteiger partial charge in [-0.1, -0.05) is 78.9 Å². The van der Waals surface area contributed by atoms with Crippen molar-refractivity contribution in [1.29, 1.82) is 0 Å². The normalized spacial score (nSPS) is 12.1. The molecule has 0 aliphatic heterocycles. The molecule has 5 heterocycles. The van der Waals surface area contributed by atoms with Crippen LogP contribution in [0.4, 0.5) is 0 Å². The zero-order chi connectivity index (χ0) is 32.1. The minimum absolute atomic E-state index is 0.641. The molecule has 0 amide bonds. The van der Waals surface area contributed by atoms with E-state index >= 15 is 0 Å². The van der Waals surface area contributed by atoms with Gasteiger partial charge in [-0.05, 0) is 60.7 Å². The van der Waals surface area contributed by atoms with E-state index in [2.05, 4.69) is 28.7 Å². The van der Waals surface area contributed by atoms with E-state index in [4.69, 9.17) is 28.8 Å². The molecule has 0 fully saturated rings. The summed E-state index contributed by atoms with van der Waals surface area (Å²) in [7, 11) is 0. The van der Waals surface area contributed by atoms with Crippen molar-refractivity contribution in [3.8, 4) is 34.0 Å². The summed E-state index contributed by atoms with van der Waals surface area (Å²) in [5.41, 5.74) is 10.9. The molecule has 0 spiro atoms. The molecule has 0 aliphatic rings. The first kappa shape index (κ1) is 26.2. The predicted molar refractivity (Wildman–Crippen MR) is 194 cm³/mol. The van der Waals surface area contributed by atoms with Gasteiger partial charge in [-0.15, -0.1) is 0 Å². The topological polar surface area (TPSA) is 82.2 Å². The molecule has 7 nitrogen and oxygen atoms in total. The zero-order valence-corrected chi connectivity index (χ0v) is 25.8. The predicted octanol–water partition coefficient (Wildman–Crippen LogP) is 10.6. The summed E-state index contributed by atoms with van der Waals surface area (Å²) >= 11 is 0. The van der Waals surface area contributed by atoms with Crippen LogP contribution in [0, 0.1) is 0 Å². The Morgan fingerprint density at radius 2 is 1.24 bits per heavy atom. The highest BCUT2D eigenvalue weighted by Crippen LogP contribution is 2.41. The van der Waals surface area contributed by atoms with Gasteiger partial charge in [0, 0.05) is 38.2 Å². The van der Waals surface area contributed by atoms with Crippen LogP contribution in [0.25, 0.3) is 106 Å². The number of furan rings is 2. The molecule has 6 aromatic carbocycles. The van der Waals surface area contributed by atoms with E-state index in [1.165, 1.54) is 0 Å². The van der Waals surface area contributed by atoms with Crippen molar-refractivity contribution in [2.75, 3.05) is 0 Å². The maximum absolute atomic E-state index is 6.49. The van der Waals surface area contributed by atoms with Crippen molar-refractivity contribution in [1.82, 2.24) is 24.3 Å². The second-order valence-corrected chi connectivity index (χ2v) is 12.2. The summed E-state index contributed by atoms with van der Waals surface area (Å²) in [6, 6.07) is 46.8. The maximum atomic E-state index is 6.49. The van der Waals surface area contributed by atoms with Gasteiger partial charge in [0.1, 0.15) is 39.4 Å². The lowest BCUT2D eigenvalue weighted by molar-refractivity contribution is 0.666. The van der Waals surface area contributed by atoms with Gasteiger partial charge in [-0.25, -0.2) is 19.9 Å². The molecule has 0 saturated heterocycles. The summed E-state index contributed by atoms with van der Waals surface area (Å²) in [4.78, 5) is 20.5. The number of para-hydroxylation sites is 4. The summed E-state index contributed by atoms with van der Waals surface area (Å²) in [5.74, 6) is 1.44. The quantitative estimate of drug-likeness (QED) is 0.193. The third-order valence-electron chi connectivity index (χ3n) is 9.41. The van der Waals surface area contributed by atoms with E-state index in [0.29, 0.717) is 11.4 Å². The number of fused-ring (bicyclic) bond motifs is 11. The first-order chi connectivity index (χ1) is 24.3. The first-order valence-electron chi connectivity index (χ1n) is 16.2. The van der Waals surface area contributed by atoms with Crippen molar-refractivity contribution in [2.24, 2.45) is 0 Å². The second-order valence-electron chi connectivity index (χ2n) is 12.2. The minimum Gasteiger partial charge on any atom is -0.456 e. The van der Waals surface area contributed by atoms with Crippen LogP contribution in [0.2, 0.25) is 0 Å². The summed E-state index contributed by atoms with van der Waals surface area (Å²) in [6.45, 7) is 0. The van der Waals surface area contributed by atoms with Crippen LogP contribution >= 0.6 is 0 Å². The molecule has 0 bridgehead atoms. The Kier molecular flexibility index (Phi) is 5.26. The van der Waals surface area contributed by atoms with Crippen molar-refractivity contribution in [3.05, 3.63) is 140 Å². The van der Waals surface area contributed by atoms with Gasteiger partial charge < -0.3 is 8.83 Å². The molecular formula is C42H23N5O2. The van der Waals surface area contributed by atoms with Gasteiger partial charge in [-0.3, -0.25) is 4.40 Å². The van der Waals surface area contributed by atoms with Gasteiger partial charge in [0.15, 0.2) is 11.4 Å². The standard InChI is InChI=1S/C42H23N5O2/c1-2-11-24(12-3-1)40-45-37(39-38(46-40)27-14-5-9-19-33(27)49-39)25-21-22-34-29(23-25)36-28(15-10-20-35(36)48-34)42-43-30-16-6-4-13-26(30)41-44-31-17-7-8-18-32(31)47(41)42/h1-23H. The van der Waals surface area contributed by atoms with E-state index < -0.39 is 0 Å². The van der Waals surface area contributed by atoms with Crippen molar-refractivity contribution in [2.45, 2.75) is 0 Å². The summed E-state index contributed by atoms with van der Waals surface area (Å²) in [5, 5.41) is 3.88. The number of imidazole rings is 1. The molecule has 0 radical (unpaired) electrons. The lowest BCUT2D eigenvalue weighted by Crippen LogP contribution is -1.98. The Labute approximate surface area is 277 Å². The third kappa shape index (κ3) is 3.78. The van der Waals surface area contributed by atoms with E-state index in [9.17, 15) is 0 Å². The van der Waals surface area contributed by atoms with Gasteiger partial charge in [0.05, 0.1) is 16.6 Å².